The van der Waals surface area contributed by atoms with Crippen molar-refractivity contribution < 1.29 is 0 Å². The van der Waals surface area contributed by atoms with Crippen molar-refractivity contribution >= 4 is 27.5 Å². The zero-order valence-corrected chi connectivity index (χ0v) is 13.6. The molecular weight excluding hydrogens is 322 g/mol. The van der Waals surface area contributed by atoms with Gasteiger partial charge in [-0.2, -0.15) is 0 Å². The highest BCUT2D eigenvalue weighted by Crippen LogP contribution is 2.27. The predicted molar refractivity (Wildman–Crippen MR) is 83.6 cm³/mol. The zero-order chi connectivity index (χ0) is 13.7. The molecule has 1 aromatic carbocycles. The molecule has 0 amide bonds. The molecule has 19 heavy (non-hydrogen) atoms. The molecule has 1 unspecified atom stereocenters. The quantitative estimate of drug-likeness (QED) is 0.870. The first-order valence-corrected chi connectivity index (χ1v) is 8.04. The van der Waals surface area contributed by atoms with Crippen LogP contribution in [0.5, 0.6) is 0 Å². The van der Waals surface area contributed by atoms with Crippen LogP contribution in [0, 0.1) is 0 Å². The molecule has 0 saturated heterocycles. The van der Waals surface area contributed by atoms with Crippen molar-refractivity contribution in [2.24, 2.45) is 0 Å². The third-order valence-corrected chi connectivity index (χ3v) is 4.77. The van der Waals surface area contributed by atoms with Crippen LogP contribution in [0.2, 0.25) is 0 Å². The Morgan fingerprint density at radius 2 is 2.16 bits per heavy atom. The van der Waals surface area contributed by atoms with E-state index in [1.165, 1.54) is 22.0 Å². The average molecular weight is 340 g/mol. The highest BCUT2D eigenvalue weighted by Gasteiger charge is 2.18. The van der Waals surface area contributed by atoms with Gasteiger partial charge in [0.15, 0.2) is 0 Å². The molecule has 0 spiro atoms. The number of aromatic nitrogens is 2. The summed E-state index contributed by atoms with van der Waals surface area (Å²) in [5.41, 5.74) is 2.44. The monoisotopic (exact) mass is 339 g/mol. The highest BCUT2D eigenvalue weighted by atomic mass is 79.9. The summed E-state index contributed by atoms with van der Waals surface area (Å²) >= 11 is 5.12. The van der Waals surface area contributed by atoms with Crippen molar-refractivity contribution in [3.63, 3.8) is 0 Å². The Hall–Kier alpha value is -0.780. The lowest BCUT2D eigenvalue weighted by atomic mass is 10.0. The normalized spacial score (nSPS) is 12.6. The second-order valence-corrected chi connectivity index (χ2v) is 6.11. The molecule has 0 aliphatic rings. The van der Waals surface area contributed by atoms with Gasteiger partial charge in [-0.05, 0) is 43.1 Å². The van der Waals surface area contributed by atoms with Crippen molar-refractivity contribution in [2.75, 3.05) is 7.05 Å². The molecular formula is C14H18BrN3S. The van der Waals surface area contributed by atoms with E-state index < -0.39 is 0 Å². The number of benzene rings is 1. The summed E-state index contributed by atoms with van der Waals surface area (Å²) in [6.45, 7) is 2.17. The molecule has 1 atom stereocenters. The molecule has 0 aliphatic carbocycles. The molecule has 0 aliphatic heterocycles. The lowest BCUT2D eigenvalue weighted by Gasteiger charge is -2.16. The number of likely N-dealkylation sites (N-methyl/N-ethyl adjacent to an activating group) is 1. The van der Waals surface area contributed by atoms with Crippen molar-refractivity contribution in [3.05, 3.63) is 44.9 Å². The maximum atomic E-state index is 4.26. The second kappa shape index (κ2) is 7.12. The minimum atomic E-state index is 0.278. The van der Waals surface area contributed by atoms with Crippen LogP contribution in [0.25, 0.3) is 0 Å². The Kier molecular flexibility index (Phi) is 5.48. The molecule has 5 heteroatoms. The molecule has 1 N–H and O–H groups in total. The molecule has 3 nitrogen and oxygen atoms in total. The standard InChI is InChI=1S/C14H18BrN3S/c1-3-6-12-14(19-18-17-12)13(16-2)9-10-7-4-5-8-11(10)15/h4-5,7-8,13,16H,3,6,9H2,1-2H3. The van der Waals surface area contributed by atoms with E-state index in [0.717, 1.165) is 29.4 Å². The van der Waals surface area contributed by atoms with Gasteiger partial charge in [0.1, 0.15) is 0 Å². The van der Waals surface area contributed by atoms with Gasteiger partial charge >= 0.3 is 0 Å². The first kappa shape index (κ1) is 14.6. The lowest BCUT2D eigenvalue weighted by Crippen LogP contribution is -2.19. The Bertz CT molecular complexity index is 527. The second-order valence-electron chi connectivity index (χ2n) is 4.47. The minimum Gasteiger partial charge on any atom is -0.312 e. The molecule has 0 saturated carbocycles. The van der Waals surface area contributed by atoms with E-state index in [0.29, 0.717) is 0 Å². The smallest absolute Gasteiger partial charge is 0.0803 e. The fourth-order valence-electron chi connectivity index (χ4n) is 2.10. The average Bonchev–Trinajstić information content (AvgIpc) is 2.86. The Morgan fingerprint density at radius 1 is 1.37 bits per heavy atom. The van der Waals surface area contributed by atoms with E-state index in [-0.39, 0.29) is 6.04 Å². The predicted octanol–water partition coefficient (Wildman–Crippen LogP) is 3.76. The van der Waals surface area contributed by atoms with E-state index in [1.807, 2.05) is 13.1 Å². The molecule has 1 aromatic heterocycles. The topological polar surface area (TPSA) is 37.8 Å². The maximum absolute atomic E-state index is 4.26. The number of aryl methyl sites for hydroxylation is 1. The molecule has 1 heterocycles. The fraction of sp³-hybridized carbons (Fsp3) is 0.429. The van der Waals surface area contributed by atoms with Gasteiger partial charge in [0, 0.05) is 10.5 Å². The summed E-state index contributed by atoms with van der Waals surface area (Å²) in [4.78, 5) is 1.26. The SMILES string of the molecule is CCCc1nnsc1C(Cc1ccccc1Br)NC. The third-order valence-electron chi connectivity index (χ3n) is 3.12. The number of rotatable bonds is 6. The Balaban J connectivity index is 2.20. The van der Waals surface area contributed by atoms with Crippen LogP contribution in [0.1, 0.15) is 35.5 Å². The van der Waals surface area contributed by atoms with Crippen LogP contribution in [-0.4, -0.2) is 16.6 Å². The summed E-state index contributed by atoms with van der Waals surface area (Å²) in [5, 5.41) is 7.64. The first-order valence-electron chi connectivity index (χ1n) is 6.48. The summed E-state index contributed by atoms with van der Waals surface area (Å²) in [6, 6.07) is 8.63. The van der Waals surface area contributed by atoms with E-state index in [2.05, 4.69) is 56.0 Å². The number of halogens is 1. The molecule has 102 valence electrons. The van der Waals surface area contributed by atoms with Gasteiger partial charge < -0.3 is 5.32 Å². The molecule has 0 radical (unpaired) electrons. The Morgan fingerprint density at radius 3 is 2.84 bits per heavy atom. The number of nitrogens with one attached hydrogen (secondary N) is 1. The van der Waals surface area contributed by atoms with Crippen molar-refractivity contribution in [3.8, 4) is 0 Å². The van der Waals surface area contributed by atoms with Gasteiger partial charge in [-0.25, -0.2) is 0 Å². The van der Waals surface area contributed by atoms with Gasteiger partial charge in [0.05, 0.1) is 10.6 Å². The van der Waals surface area contributed by atoms with E-state index in [1.54, 1.807) is 0 Å². The van der Waals surface area contributed by atoms with Gasteiger partial charge in [0.2, 0.25) is 0 Å². The lowest BCUT2D eigenvalue weighted by molar-refractivity contribution is 0.592. The number of hydrogen-bond donors (Lipinski definition) is 1. The summed E-state index contributed by atoms with van der Waals surface area (Å²) in [7, 11) is 2.00. The van der Waals surface area contributed by atoms with Crippen LogP contribution < -0.4 is 5.32 Å². The van der Waals surface area contributed by atoms with E-state index in [9.17, 15) is 0 Å². The zero-order valence-electron chi connectivity index (χ0n) is 11.2. The minimum absolute atomic E-state index is 0.278. The molecule has 2 aromatic rings. The fourth-order valence-corrected chi connectivity index (χ4v) is 3.35. The van der Waals surface area contributed by atoms with Crippen LogP contribution >= 0.6 is 27.5 Å². The highest BCUT2D eigenvalue weighted by molar-refractivity contribution is 9.10. The van der Waals surface area contributed by atoms with Gasteiger partial charge in [-0.15, -0.1) is 5.10 Å². The van der Waals surface area contributed by atoms with Crippen LogP contribution in [0.15, 0.2) is 28.7 Å². The van der Waals surface area contributed by atoms with Crippen LogP contribution in [-0.2, 0) is 12.8 Å². The maximum Gasteiger partial charge on any atom is 0.0803 e. The van der Waals surface area contributed by atoms with Gasteiger partial charge in [-0.1, -0.05) is 52.0 Å². The first-order chi connectivity index (χ1) is 9.26. The summed E-state index contributed by atoms with van der Waals surface area (Å²) < 4.78 is 5.27. The van der Waals surface area contributed by atoms with Gasteiger partial charge in [-0.3, -0.25) is 0 Å². The summed E-state index contributed by atoms with van der Waals surface area (Å²) in [5.74, 6) is 0. The van der Waals surface area contributed by atoms with Gasteiger partial charge in [0.25, 0.3) is 0 Å². The molecule has 2 rings (SSSR count). The third kappa shape index (κ3) is 3.61. The number of hydrogen-bond acceptors (Lipinski definition) is 4. The van der Waals surface area contributed by atoms with Crippen molar-refractivity contribution in [2.45, 2.75) is 32.2 Å². The van der Waals surface area contributed by atoms with Crippen LogP contribution in [0.4, 0.5) is 0 Å². The summed E-state index contributed by atoms with van der Waals surface area (Å²) in [6.07, 6.45) is 3.04. The van der Waals surface area contributed by atoms with Crippen molar-refractivity contribution in [1.82, 2.24) is 14.9 Å². The van der Waals surface area contributed by atoms with E-state index in [4.69, 9.17) is 0 Å². The molecule has 0 bridgehead atoms. The van der Waals surface area contributed by atoms with E-state index >= 15 is 0 Å². The van der Waals surface area contributed by atoms with Crippen molar-refractivity contribution in [1.29, 1.82) is 0 Å². The Labute approximate surface area is 126 Å². The molecule has 0 fully saturated rings. The number of nitrogens with zero attached hydrogens (tertiary/aromatic N) is 2. The van der Waals surface area contributed by atoms with Crippen LogP contribution in [0.3, 0.4) is 0 Å². The largest absolute Gasteiger partial charge is 0.312 e.